The molecule has 2 N–H and O–H groups in total. The van der Waals surface area contributed by atoms with Crippen molar-refractivity contribution in [3.05, 3.63) is 29.3 Å². The average molecular weight is 508 g/mol. The minimum atomic E-state index is -4.38. The van der Waals surface area contributed by atoms with Gasteiger partial charge in [0.05, 0.1) is 23.2 Å². The Bertz CT molecular complexity index is 1110. The summed E-state index contributed by atoms with van der Waals surface area (Å²) in [4.78, 5) is 64.9. The van der Waals surface area contributed by atoms with E-state index in [0.29, 0.717) is 31.6 Å². The molecule has 0 aliphatic carbocycles. The Morgan fingerprint density at radius 3 is 2.47 bits per heavy atom. The second kappa shape index (κ2) is 9.55. The van der Waals surface area contributed by atoms with Crippen LogP contribution in [0.1, 0.15) is 66.2 Å². The molecular weight excluding hydrogens is 481 g/mol. The number of carbonyl (C=O) groups excluding carboxylic acids is 5. The minimum absolute atomic E-state index is 0.0358. The summed E-state index contributed by atoms with van der Waals surface area (Å²) in [5.41, 5.74) is 0.654. The SMILES string of the molecule is CC1(CNC(=O)CCC(F)(F)F)CCN(c2cccc3c2C(=O)N(C2CCC(=O)NC2=O)C3=O)CC1. The number of benzene rings is 1. The number of amides is 5. The molecule has 0 saturated carbocycles. The first-order valence-electron chi connectivity index (χ1n) is 11.8. The van der Waals surface area contributed by atoms with Crippen LogP contribution in [0.4, 0.5) is 18.9 Å². The van der Waals surface area contributed by atoms with Crippen molar-refractivity contribution in [1.29, 1.82) is 0 Å². The zero-order valence-corrected chi connectivity index (χ0v) is 19.7. The zero-order valence-electron chi connectivity index (χ0n) is 19.7. The lowest BCUT2D eigenvalue weighted by atomic mass is 9.80. The van der Waals surface area contributed by atoms with E-state index in [1.807, 2.05) is 11.8 Å². The van der Waals surface area contributed by atoms with E-state index >= 15 is 0 Å². The highest BCUT2D eigenvalue weighted by molar-refractivity contribution is 6.25. The fraction of sp³-hybridized carbons (Fsp3) is 0.542. The van der Waals surface area contributed by atoms with E-state index in [4.69, 9.17) is 0 Å². The molecule has 1 aromatic carbocycles. The summed E-state index contributed by atoms with van der Waals surface area (Å²) < 4.78 is 37.0. The van der Waals surface area contributed by atoms with E-state index in [1.165, 1.54) is 6.07 Å². The molecule has 1 aromatic rings. The van der Waals surface area contributed by atoms with Crippen LogP contribution in [0.5, 0.6) is 0 Å². The molecule has 4 rings (SSSR count). The van der Waals surface area contributed by atoms with Crippen molar-refractivity contribution >= 4 is 35.2 Å². The van der Waals surface area contributed by atoms with Crippen LogP contribution in [-0.4, -0.2) is 66.3 Å². The van der Waals surface area contributed by atoms with Gasteiger partial charge in [-0.05, 0) is 36.8 Å². The third-order valence-corrected chi connectivity index (χ3v) is 7.11. The molecule has 0 bridgehead atoms. The van der Waals surface area contributed by atoms with Crippen molar-refractivity contribution in [1.82, 2.24) is 15.5 Å². The van der Waals surface area contributed by atoms with Gasteiger partial charge in [0.15, 0.2) is 0 Å². The van der Waals surface area contributed by atoms with Crippen LogP contribution >= 0.6 is 0 Å². The summed E-state index contributed by atoms with van der Waals surface area (Å²) in [6, 6.07) is 3.89. The highest BCUT2D eigenvalue weighted by Crippen LogP contribution is 2.38. The molecule has 0 aromatic heterocycles. The van der Waals surface area contributed by atoms with Crippen molar-refractivity contribution < 1.29 is 37.1 Å². The van der Waals surface area contributed by atoms with E-state index in [0.717, 1.165) is 4.90 Å². The van der Waals surface area contributed by atoms with Crippen LogP contribution in [0.3, 0.4) is 0 Å². The molecule has 36 heavy (non-hydrogen) atoms. The fourth-order valence-electron chi connectivity index (χ4n) is 4.88. The van der Waals surface area contributed by atoms with E-state index in [9.17, 15) is 37.1 Å². The first-order chi connectivity index (χ1) is 16.9. The van der Waals surface area contributed by atoms with Crippen molar-refractivity contribution in [3.8, 4) is 0 Å². The molecule has 5 amide bonds. The fourth-order valence-corrected chi connectivity index (χ4v) is 4.88. The Morgan fingerprint density at radius 1 is 1.14 bits per heavy atom. The van der Waals surface area contributed by atoms with Gasteiger partial charge in [-0.1, -0.05) is 13.0 Å². The molecular formula is C24H27F3N4O5. The lowest BCUT2D eigenvalue weighted by Crippen LogP contribution is -2.54. The van der Waals surface area contributed by atoms with E-state index < -0.39 is 54.6 Å². The largest absolute Gasteiger partial charge is 0.389 e. The number of hydrogen-bond donors (Lipinski definition) is 2. The topological polar surface area (TPSA) is 116 Å². The molecule has 3 aliphatic rings. The van der Waals surface area contributed by atoms with E-state index in [2.05, 4.69) is 10.6 Å². The van der Waals surface area contributed by atoms with Gasteiger partial charge in [-0.2, -0.15) is 13.2 Å². The van der Waals surface area contributed by atoms with Gasteiger partial charge in [0.25, 0.3) is 11.8 Å². The molecule has 1 atom stereocenters. The monoisotopic (exact) mass is 508 g/mol. The average Bonchev–Trinajstić information content (AvgIpc) is 3.07. The molecule has 3 heterocycles. The number of carbonyl (C=O) groups is 5. The number of anilines is 1. The van der Waals surface area contributed by atoms with Crippen LogP contribution in [0.25, 0.3) is 0 Å². The number of alkyl halides is 3. The quantitative estimate of drug-likeness (QED) is 0.569. The van der Waals surface area contributed by atoms with E-state index in [1.54, 1.807) is 12.1 Å². The number of piperidine rings is 2. The first-order valence-corrected chi connectivity index (χ1v) is 11.8. The van der Waals surface area contributed by atoms with Gasteiger partial charge in [-0.25, -0.2) is 0 Å². The third-order valence-electron chi connectivity index (χ3n) is 7.11. The number of rotatable bonds is 6. The van der Waals surface area contributed by atoms with Gasteiger partial charge >= 0.3 is 6.18 Å². The van der Waals surface area contributed by atoms with Crippen molar-refractivity contribution in [3.63, 3.8) is 0 Å². The Labute approximate surface area is 205 Å². The molecule has 194 valence electrons. The summed E-state index contributed by atoms with van der Waals surface area (Å²) in [5, 5.41) is 4.78. The highest BCUT2D eigenvalue weighted by atomic mass is 19.4. The normalized spacial score (nSPS) is 21.9. The number of imide groups is 2. The maximum atomic E-state index is 13.3. The summed E-state index contributed by atoms with van der Waals surface area (Å²) >= 11 is 0. The standard InChI is InChI=1S/C24H27F3N4O5/c1-23(13-28-17(32)7-8-24(25,26)27)9-11-30(12-10-23)15-4-2-3-14-19(15)22(36)31(21(14)35)16-5-6-18(33)29-20(16)34/h2-4,16H,5-13H2,1H3,(H,28,32)(H,29,33,34). The van der Waals surface area contributed by atoms with Crippen molar-refractivity contribution in [2.45, 2.75) is 57.7 Å². The minimum Gasteiger partial charge on any atom is -0.371 e. The first kappa shape index (κ1) is 25.6. The Kier molecular flexibility index (Phi) is 6.80. The summed E-state index contributed by atoms with van der Waals surface area (Å²) in [7, 11) is 0. The lowest BCUT2D eigenvalue weighted by Gasteiger charge is -2.41. The van der Waals surface area contributed by atoms with Crippen LogP contribution in [0.15, 0.2) is 18.2 Å². The smallest absolute Gasteiger partial charge is 0.371 e. The molecule has 3 aliphatic heterocycles. The lowest BCUT2D eigenvalue weighted by molar-refractivity contribution is -0.144. The second-order valence-corrected chi connectivity index (χ2v) is 9.84. The second-order valence-electron chi connectivity index (χ2n) is 9.84. The number of nitrogens with one attached hydrogen (secondary N) is 2. The van der Waals surface area contributed by atoms with Crippen LogP contribution in [-0.2, 0) is 14.4 Å². The van der Waals surface area contributed by atoms with Crippen LogP contribution < -0.4 is 15.5 Å². The van der Waals surface area contributed by atoms with Gasteiger partial charge in [-0.3, -0.25) is 34.2 Å². The molecule has 12 heteroatoms. The third kappa shape index (κ3) is 5.21. The van der Waals surface area contributed by atoms with Gasteiger partial charge in [0, 0.05) is 32.5 Å². The number of nitrogens with zero attached hydrogens (tertiary/aromatic N) is 2. The van der Waals surface area contributed by atoms with Crippen molar-refractivity contribution in [2.24, 2.45) is 5.41 Å². The van der Waals surface area contributed by atoms with Gasteiger partial charge in [0.1, 0.15) is 6.04 Å². The maximum Gasteiger partial charge on any atom is 0.389 e. The highest BCUT2D eigenvalue weighted by Gasteiger charge is 2.46. The molecule has 2 saturated heterocycles. The Morgan fingerprint density at radius 2 is 1.83 bits per heavy atom. The molecule has 0 spiro atoms. The molecule has 0 radical (unpaired) electrons. The number of halogens is 3. The van der Waals surface area contributed by atoms with Crippen LogP contribution in [0.2, 0.25) is 0 Å². The summed E-state index contributed by atoms with van der Waals surface area (Å²) in [6.07, 6.45) is -4.83. The van der Waals surface area contributed by atoms with Crippen LogP contribution in [0, 0.1) is 5.41 Å². The maximum absolute atomic E-state index is 13.3. The molecule has 9 nitrogen and oxygen atoms in total. The van der Waals surface area contributed by atoms with Crippen molar-refractivity contribution in [2.75, 3.05) is 24.5 Å². The van der Waals surface area contributed by atoms with E-state index in [-0.39, 0.29) is 35.9 Å². The Hall–Kier alpha value is -3.44. The predicted molar refractivity (Wildman–Crippen MR) is 121 cm³/mol. The molecule has 2 fully saturated rings. The molecule has 1 unspecified atom stereocenters. The number of fused-ring (bicyclic) bond motifs is 1. The van der Waals surface area contributed by atoms with Gasteiger partial charge in [-0.15, -0.1) is 0 Å². The summed E-state index contributed by atoms with van der Waals surface area (Å²) in [6.45, 7) is 3.20. The van der Waals surface area contributed by atoms with Gasteiger partial charge < -0.3 is 10.2 Å². The summed E-state index contributed by atoms with van der Waals surface area (Å²) in [5.74, 6) is -2.91. The number of hydrogen-bond acceptors (Lipinski definition) is 6. The zero-order chi connectivity index (χ0) is 26.3. The Balaban J connectivity index is 1.42. The van der Waals surface area contributed by atoms with Gasteiger partial charge in [0.2, 0.25) is 17.7 Å². The predicted octanol–water partition coefficient (Wildman–Crippen LogP) is 2.15.